The Hall–Kier alpha value is -3.26. The number of furan rings is 1. The van der Waals surface area contributed by atoms with Crippen LogP contribution in [-0.2, 0) is 6.61 Å². The van der Waals surface area contributed by atoms with Gasteiger partial charge < -0.3 is 9.15 Å². The van der Waals surface area contributed by atoms with Crippen LogP contribution in [0.4, 0.5) is 4.39 Å². The summed E-state index contributed by atoms with van der Waals surface area (Å²) < 4.78 is 26.1. The van der Waals surface area contributed by atoms with Crippen LogP contribution in [-0.4, -0.2) is 19.8 Å². The molecular weight excluding hydrogens is 355 g/mol. The fourth-order valence-electron chi connectivity index (χ4n) is 2.64. The number of rotatable bonds is 4. The molecule has 2 aromatic carbocycles. The molecule has 0 saturated heterocycles. The van der Waals surface area contributed by atoms with Gasteiger partial charge in [-0.25, -0.2) is 4.39 Å². The van der Waals surface area contributed by atoms with Crippen molar-refractivity contribution >= 4 is 27.3 Å². The standard InChI is InChI=1S/C18H11FN4O2S/c19-12-5-7-13(8-6-12)24-10-16-22-23-17(20-21-18(23)26-16)15-9-11-3-1-2-4-14(11)25-15/h1-9H,10H2. The highest BCUT2D eigenvalue weighted by molar-refractivity contribution is 7.16. The summed E-state index contributed by atoms with van der Waals surface area (Å²) in [7, 11) is 0. The van der Waals surface area contributed by atoms with E-state index in [4.69, 9.17) is 9.15 Å². The number of halogens is 1. The molecule has 5 aromatic rings. The maximum atomic E-state index is 12.9. The highest BCUT2D eigenvalue weighted by Gasteiger charge is 2.17. The van der Waals surface area contributed by atoms with Gasteiger partial charge in [-0.1, -0.05) is 29.5 Å². The van der Waals surface area contributed by atoms with Crippen LogP contribution in [0.5, 0.6) is 5.75 Å². The number of fused-ring (bicyclic) bond motifs is 2. The summed E-state index contributed by atoms with van der Waals surface area (Å²) in [6.45, 7) is 0.263. The van der Waals surface area contributed by atoms with Crippen molar-refractivity contribution in [2.75, 3.05) is 0 Å². The fourth-order valence-corrected chi connectivity index (χ4v) is 3.38. The molecule has 8 heteroatoms. The van der Waals surface area contributed by atoms with Gasteiger partial charge in [0, 0.05) is 5.39 Å². The fraction of sp³-hybridized carbons (Fsp3) is 0.0556. The SMILES string of the molecule is Fc1ccc(OCc2nn3c(-c4cc5ccccc5o4)nnc3s2)cc1. The topological polar surface area (TPSA) is 65.5 Å². The van der Waals surface area contributed by atoms with Crippen molar-refractivity contribution in [3.8, 4) is 17.3 Å². The molecule has 0 radical (unpaired) electrons. The third kappa shape index (κ3) is 2.60. The first-order chi connectivity index (χ1) is 12.8. The molecule has 6 nitrogen and oxygen atoms in total. The molecule has 0 spiro atoms. The van der Waals surface area contributed by atoms with Gasteiger partial charge in [-0.2, -0.15) is 9.61 Å². The van der Waals surface area contributed by atoms with E-state index in [9.17, 15) is 4.39 Å². The quantitative estimate of drug-likeness (QED) is 0.474. The van der Waals surface area contributed by atoms with Gasteiger partial charge in [0.05, 0.1) is 0 Å². The highest BCUT2D eigenvalue weighted by Crippen LogP contribution is 2.28. The van der Waals surface area contributed by atoms with Crippen molar-refractivity contribution in [2.45, 2.75) is 6.61 Å². The Labute approximate surface area is 150 Å². The lowest BCUT2D eigenvalue weighted by Gasteiger charge is -2.02. The van der Waals surface area contributed by atoms with E-state index in [1.54, 1.807) is 16.6 Å². The van der Waals surface area contributed by atoms with Crippen molar-refractivity contribution in [3.63, 3.8) is 0 Å². The van der Waals surface area contributed by atoms with E-state index in [2.05, 4.69) is 15.3 Å². The van der Waals surface area contributed by atoms with Crippen molar-refractivity contribution in [3.05, 3.63) is 65.4 Å². The largest absolute Gasteiger partial charge is 0.486 e. The minimum absolute atomic E-state index is 0.263. The van der Waals surface area contributed by atoms with Crippen LogP contribution in [0.3, 0.4) is 0 Å². The molecule has 128 valence electrons. The number of nitrogens with zero attached hydrogens (tertiary/aromatic N) is 4. The second-order valence-corrected chi connectivity index (χ2v) is 6.65. The van der Waals surface area contributed by atoms with Crippen LogP contribution in [0.15, 0.2) is 59.0 Å². The Morgan fingerprint density at radius 3 is 2.77 bits per heavy atom. The normalized spacial score (nSPS) is 11.4. The van der Waals surface area contributed by atoms with Gasteiger partial charge in [-0.3, -0.25) is 0 Å². The van der Waals surface area contributed by atoms with Crippen molar-refractivity contribution < 1.29 is 13.5 Å². The lowest BCUT2D eigenvalue weighted by molar-refractivity contribution is 0.303. The van der Waals surface area contributed by atoms with Crippen LogP contribution in [0.1, 0.15) is 5.01 Å². The molecule has 5 rings (SSSR count). The first-order valence-corrected chi connectivity index (χ1v) is 8.66. The third-order valence-electron chi connectivity index (χ3n) is 3.85. The predicted octanol–water partition coefficient (Wildman–Crippen LogP) is 4.32. The van der Waals surface area contributed by atoms with E-state index in [1.165, 1.54) is 23.5 Å². The van der Waals surface area contributed by atoms with Crippen molar-refractivity contribution in [1.82, 2.24) is 19.8 Å². The van der Waals surface area contributed by atoms with Gasteiger partial charge in [0.25, 0.3) is 0 Å². The molecule has 0 saturated carbocycles. The molecule has 3 heterocycles. The smallest absolute Gasteiger partial charge is 0.235 e. The van der Waals surface area contributed by atoms with Gasteiger partial charge >= 0.3 is 0 Å². The Morgan fingerprint density at radius 1 is 1.08 bits per heavy atom. The zero-order valence-electron chi connectivity index (χ0n) is 13.3. The van der Waals surface area contributed by atoms with E-state index in [0.717, 1.165) is 16.0 Å². The minimum atomic E-state index is -0.299. The van der Waals surface area contributed by atoms with Crippen LogP contribution < -0.4 is 4.74 Å². The molecule has 0 unspecified atom stereocenters. The first-order valence-electron chi connectivity index (χ1n) is 7.85. The highest BCUT2D eigenvalue weighted by atomic mass is 32.1. The van der Waals surface area contributed by atoms with Crippen LogP contribution in [0, 0.1) is 5.82 Å². The van der Waals surface area contributed by atoms with E-state index in [0.29, 0.717) is 22.3 Å². The van der Waals surface area contributed by atoms with Crippen LogP contribution >= 0.6 is 11.3 Å². The maximum absolute atomic E-state index is 12.9. The molecular formula is C18H11FN4O2S. The van der Waals surface area contributed by atoms with Gasteiger partial charge in [0.2, 0.25) is 10.8 Å². The summed E-state index contributed by atoms with van der Waals surface area (Å²) >= 11 is 1.38. The molecule has 0 amide bonds. The second kappa shape index (κ2) is 5.92. The number of ether oxygens (including phenoxy) is 1. The average Bonchev–Trinajstić information content (AvgIpc) is 3.34. The molecule has 0 fully saturated rings. The summed E-state index contributed by atoms with van der Waals surface area (Å²) in [5, 5.41) is 14.6. The lowest BCUT2D eigenvalue weighted by Crippen LogP contribution is -1.97. The Balaban J connectivity index is 1.44. The average molecular weight is 366 g/mol. The van der Waals surface area contributed by atoms with E-state index in [-0.39, 0.29) is 12.4 Å². The van der Waals surface area contributed by atoms with Crippen LogP contribution in [0.25, 0.3) is 27.5 Å². The molecule has 0 bridgehead atoms. The van der Waals surface area contributed by atoms with E-state index in [1.807, 2.05) is 30.3 Å². The lowest BCUT2D eigenvalue weighted by atomic mass is 10.2. The van der Waals surface area contributed by atoms with Crippen molar-refractivity contribution in [1.29, 1.82) is 0 Å². The Morgan fingerprint density at radius 2 is 1.92 bits per heavy atom. The summed E-state index contributed by atoms with van der Waals surface area (Å²) in [5.41, 5.74) is 0.786. The summed E-state index contributed by atoms with van der Waals surface area (Å²) in [6.07, 6.45) is 0. The molecule has 26 heavy (non-hydrogen) atoms. The maximum Gasteiger partial charge on any atom is 0.235 e. The predicted molar refractivity (Wildman–Crippen MR) is 94.6 cm³/mol. The third-order valence-corrected chi connectivity index (χ3v) is 4.73. The summed E-state index contributed by atoms with van der Waals surface area (Å²) in [5.74, 6) is 1.43. The van der Waals surface area contributed by atoms with Gasteiger partial charge in [-0.15, -0.1) is 10.2 Å². The zero-order valence-corrected chi connectivity index (χ0v) is 14.1. The van der Waals surface area contributed by atoms with E-state index >= 15 is 0 Å². The van der Waals surface area contributed by atoms with Gasteiger partial charge in [0.1, 0.15) is 23.8 Å². The molecule has 0 aliphatic rings. The first kappa shape index (κ1) is 15.0. The van der Waals surface area contributed by atoms with Gasteiger partial charge in [0.15, 0.2) is 10.8 Å². The van der Waals surface area contributed by atoms with E-state index < -0.39 is 0 Å². The van der Waals surface area contributed by atoms with Gasteiger partial charge in [-0.05, 0) is 36.4 Å². The Kier molecular flexibility index (Phi) is 3.42. The number of hydrogen-bond donors (Lipinski definition) is 0. The number of para-hydroxylation sites is 1. The number of benzene rings is 2. The molecule has 0 aliphatic carbocycles. The molecule has 3 aromatic heterocycles. The summed E-state index contributed by atoms with van der Waals surface area (Å²) in [6, 6.07) is 15.5. The van der Waals surface area contributed by atoms with Crippen molar-refractivity contribution in [2.24, 2.45) is 0 Å². The van der Waals surface area contributed by atoms with Crippen LogP contribution in [0.2, 0.25) is 0 Å². The molecule has 0 aliphatic heterocycles. The molecule has 0 N–H and O–H groups in total. The minimum Gasteiger partial charge on any atom is -0.486 e. The number of aromatic nitrogens is 4. The Bertz CT molecular complexity index is 1180. The summed E-state index contributed by atoms with van der Waals surface area (Å²) in [4.78, 5) is 0.651. The monoisotopic (exact) mass is 366 g/mol. The number of hydrogen-bond acceptors (Lipinski definition) is 6. The molecule has 0 atom stereocenters. The zero-order chi connectivity index (χ0) is 17.5. The second-order valence-electron chi connectivity index (χ2n) is 5.60.